The number of benzene rings is 3. The van der Waals surface area contributed by atoms with Crippen molar-refractivity contribution in [2.45, 2.75) is 44.8 Å². The molecule has 38 heavy (non-hydrogen) atoms. The number of alkyl carbamates (subject to hydrolysis) is 1. The van der Waals surface area contributed by atoms with Gasteiger partial charge in [0, 0.05) is 12.5 Å². The average molecular weight is 512 g/mol. The molecule has 5 rings (SSSR count). The van der Waals surface area contributed by atoms with E-state index < -0.39 is 24.4 Å². The van der Waals surface area contributed by atoms with Crippen molar-refractivity contribution in [3.8, 4) is 16.9 Å². The summed E-state index contributed by atoms with van der Waals surface area (Å²) in [6, 6.07) is 21.4. The fourth-order valence-electron chi connectivity index (χ4n) is 4.89. The number of rotatable bonds is 6. The molecule has 4 N–H and O–H groups in total. The molecule has 3 aromatic rings. The highest BCUT2D eigenvalue weighted by Crippen LogP contribution is 2.44. The summed E-state index contributed by atoms with van der Waals surface area (Å²) in [6.45, 7) is 8.24. The van der Waals surface area contributed by atoms with Crippen molar-refractivity contribution in [2.24, 2.45) is 0 Å². The van der Waals surface area contributed by atoms with Crippen LogP contribution in [0.3, 0.4) is 0 Å². The van der Waals surface area contributed by atoms with E-state index in [-0.39, 0.29) is 30.5 Å². The summed E-state index contributed by atoms with van der Waals surface area (Å²) in [5.41, 5.74) is 11.0. The first-order chi connectivity index (χ1) is 18.1. The minimum absolute atomic E-state index is 0.0171. The maximum atomic E-state index is 12.9. The molecule has 3 aromatic carbocycles. The van der Waals surface area contributed by atoms with Crippen LogP contribution in [0.5, 0.6) is 5.75 Å². The summed E-state index contributed by atoms with van der Waals surface area (Å²) in [5, 5.41) is 12.9. The van der Waals surface area contributed by atoms with Crippen LogP contribution >= 0.6 is 0 Å². The van der Waals surface area contributed by atoms with Gasteiger partial charge in [0.2, 0.25) is 0 Å². The fraction of sp³-hybridized carbons (Fsp3) is 0.300. The van der Waals surface area contributed by atoms with Gasteiger partial charge in [0.15, 0.2) is 0 Å². The number of aromatic hydroxyl groups is 1. The van der Waals surface area contributed by atoms with Crippen molar-refractivity contribution in [3.05, 3.63) is 88.9 Å². The lowest BCUT2D eigenvalue weighted by molar-refractivity contribution is 0.00578. The molecule has 0 radical (unpaired) electrons. The van der Waals surface area contributed by atoms with E-state index in [1.54, 1.807) is 18.2 Å². The third kappa shape index (κ3) is 4.89. The number of fused-ring (bicyclic) bond motifs is 3. The number of amides is 1. The molecule has 1 amide bonds. The molecule has 2 aliphatic rings. The molecule has 0 bridgehead atoms. The molecule has 1 aliphatic heterocycles. The lowest BCUT2D eigenvalue weighted by atomic mass is 9.77. The zero-order valence-electron chi connectivity index (χ0n) is 22.2. The Kier molecular flexibility index (Phi) is 6.71. The van der Waals surface area contributed by atoms with E-state index in [1.165, 1.54) is 11.1 Å². The Morgan fingerprint density at radius 1 is 1.00 bits per heavy atom. The third-order valence-electron chi connectivity index (χ3n) is 7.74. The lowest BCUT2D eigenvalue weighted by Crippen LogP contribution is -2.41. The van der Waals surface area contributed by atoms with Crippen molar-refractivity contribution < 1.29 is 23.9 Å². The monoisotopic (exact) mass is 512 g/mol. The first-order valence-corrected chi connectivity index (χ1v) is 12.8. The molecule has 0 aromatic heterocycles. The van der Waals surface area contributed by atoms with E-state index in [0.717, 1.165) is 11.1 Å². The first-order valence-electron chi connectivity index (χ1n) is 12.8. The summed E-state index contributed by atoms with van der Waals surface area (Å²) in [6.07, 6.45) is 1.29. The summed E-state index contributed by atoms with van der Waals surface area (Å²) in [7, 11) is -0.686. The van der Waals surface area contributed by atoms with Gasteiger partial charge in [-0.25, -0.2) is 4.79 Å². The quantitative estimate of drug-likeness (QED) is 0.228. The third-order valence-corrected chi connectivity index (χ3v) is 7.74. The van der Waals surface area contributed by atoms with Crippen molar-refractivity contribution in [1.29, 1.82) is 0 Å². The van der Waals surface area contributed by atoms with E-state index in [0.29, 0.717) is 11.0 Å². The lowest BCUT2D eigenvalue weighted by Gasteiger charge is -2.32. The Balaban J connectivity index is 1.30. The van der Waals surface area contributed by atoms with Crippen molar-refractivity contribution in [2.75, 3.05) is 18.9 Å². The number of hydrogen-bond acceptors (Lipinski definition) is 6. The number of carbonyl (C=O) groups is 1. The molecular weight excluding hydrogens is 479 g/mol. The highest BCUT2D eigenvalue weighted by Gasteiger charge is 2.52. The van der Waals surface area contributed by atoms with Crippen molar-refractivity contribution >= 4 is 25.0 Å². The Bertz CT molecular complexity index is 1340. The highest BCUT2D eigenvalue weighted by atomic mass is 16.7. The summed E-state index contributed by atoms with van der Waals surface area (Å²) in [4.78, 5) is 12.9. The molecule has 0 atom stereocenters. The largest absolute Gasteiger partial charge is 0.506 e. The van der Waals surface area contributed by atoms with Gasteiger partial charge in [0.25, 0.3) is 0 Å². The number of phenols is 1. The number of anilines is 1. The van der Waals surface area contributed by atoms with Gasteiger partial charge < -0.3 is 30.2 Å². The molecule has 1 saturated heterocycles. The van der Waals surface area contributed by atoms with Gasteiger partial charge in [-0.1, -0.05) is 60.7 Å². The number of nitrogens with two attached hydrogens (primary N) is 1. The zero-order valence-corrected chi connectivity index (χ0v) is 22.2. The SMILES string of the molecule is CC1(C)OB(C(=Cc2ccc(N)c(O)c2)CNC(=O)OCC2c3ccccc3-c3ccccc32)OC1(C)C. The second kappa shape index (κ2) is 9.85. The van der Waals surface area contributed by atoms with Crippen LogP contribution in [0.2, 0.25) is 0 Å². The first kappa shape index (κ1) is 25.9. The van der Waals surface area contributed by atoms with E-state index in [4.69, 9.17) is 19.8 Å². The summed E-state index contributed by atoms with van der Waals surface area (Å²) < 4.78 is 18.2. The van der Waals surface area contributed by atoms with Crippen LogP contribution in [0.1, 0.15) is 50.3 Å². The van der Waals surface area contributed by atoms with Crippen molar-refractivity contribution in [1.82, 2.24) is 5.32 Å². The standard InChI is InChI=1S/C30H33BN2O5/c1-29(2)30(3,4)38-31(37-29)20(15-19-13-14-26(32)27(34)16-19)17-33-28(35)36-18-25-23-11-7-5-9-21(23)22-10-6-8-12-24(22)25/h5-16,25,34H,17-18,32H2,1-4H3,(H,33,35). The van der Waals surface area contributed by atoms with Gasteiger partial charge >= 0.3 is 13.2 Å². The number of nitrogen functional groups attached to an aromatic ring is 1. The topological polar surface area (TPSA) is 103 Å². The highest BCUT2D eigenvalue weighted by molar-refractivity contribution is 6.56. The number of nitrogens with one attached hydrogen (secondary N) is 1. The maximum absolute atomic E-state index is 12.9. The smallest absolute Gasteiger partial charge is 0.492 e. The van der Waals surface area contributed by atoms with Crippen LogP contribution in [0.15, 0.2) is 72.2 Å². The van der Waals surface area contributed by atoms with Crippen LogP contribution in [-0.4, -0.2) is 42.7 Å². The van der Waals surface area contributed by atoms with Gasteiger partial charge in [0.05, 0.1) is 16.9 Å². The van der Waals surface area contributed by atoms with Crippen LogP contribution in [0, 0.1) is 0 Å². The van der Waals surface area contributed by atoms with E-state index in [9.17, 15) is 9.90 Å². The molecule has 196 valence electrons. The van der Waals surface area contributed by atoms with E-state index in [1.807, 2.05) is 58.0 Å². The van der Waals surface area contributed by atoms with Crippen LogP contribution in [-0.2, 0) is 14.0 Å². The molecule has 0 spiro atoms. The molecule has 8 heteroatoms. The number of ether oxygens (including phenoxy) is 1. The van der Waals surface area contributed by atoms with Gasteiger partial charge in [-0.15, -0.1) is 0 Å². The Morgan fingerprint density at radius 3 is 2.16 bits per heavy atom. The molecule has 1 aliphatic carbocycles. The number of carbonyl (C=O) groups excluding carboxylic acids is 1. The predicted octanol–water partition coefficient (Wildman–Crippen LogP) is 5.53. The molecule has 1 fully saturated rings. The maximum Gasteiger partial charge on any atom is 0.492 e. The molecule has 7 nitrogen and oxygen atoms in total. The van der Waals surface area contributed by atoms with E-state index in [2.05, 4.69) is 29.6 Å². The Labute approximate surface area is 223 Å². The van der Waals surface area contributed by atoms with Crippen LogP contribution in [0.4, 0.5) is 10.5 Å². The second-order valence-corrected chi connectivity index (χ2v) is 10.8. The molecule has 0 saturated carbocycles. The van der Waals surface area contributed by atoms with Gasteiger partial charge in [-0.3, -0.25) is 0 Å². The van der Waals surface area contributed by atoms with Crippen molar-refractivity contribution in [3.63, 3.8) is 0 Å². The van der Waals surface area contributed by atoms with Gasteiger partial charge in [-0.2, -0.15) is 0 Å². The van der Waals surface area contributed by atoms with Gasteiger partial charge in [-0.05, 0) is 73.1 Å². The number of phenolic OH excluding ortho intramolecular Hbond substituents is 1. The Morgan fingerprint density at radius 2 is 1.58 bits per heavy atom. The number of hydrogen-bond donors (Lipinski definition) is 3. The molecule has 1 heterocycles. The normalized spacial score (nSPS) is 17.7. The molecule has 0 unspecified atom stereocenters. The Hall–Kier alpha value is -3.75. The second-order valence-electron chi connectivity index (χ2n) is 10.8. The minimum Gasteiger partial charge on any atom is -0.506 e. The zero-order chi connectivity index (χ0) is 27.1. The van der Waals surface area contributed by atoms with Crippen LogP contribution < -0.4 is 11.1 Å². The molecular formula is C30H33BN2O5. The van der Waals surface area contributed by atoms with E-state index >= 15 is 0 Å². The summed E-state index contributed by atoms with van der Waals surface area (Å²) >= 11 is 0. The fourth-order valence-corrected chi connectivity index (χ4v) is 4.89. The van der Waals surface area contributed by atoms with Gasteiger partial charge in [0.1, 0.15) is 12.4 Å². The average Bonchev–Trinajstić information content (AvgIpc) is 3.31. The minimum atomic E-state index is -0.686. The predicted molar refractivity (Wildman–Crippen MR) is 150 cm³/mol. The summed E-state index contributed by atoms with van der Waals surface area (Å²) in [5.74, 6) is -0.0412. The van der Waals surface area contributed by atoms with Crippen LogP contribution in [0.25, 0.3) is 17.2 Å².